The van der Waals surface area contributed by atoms with Gasteiger partial charge in [0.2, 0.25) is 0 Å². The monoisotopic (exact) mass is 421 g/mol. The molecule has 162 valence electrons. The third-order valence-electron chi connectivity index (χ3n) is 5.74. The van der Waals surface area contributed by atoms with E-state index in [1.807, 2.05) is 60.4 Å². The minimum absolute atomic E-state index is 0.250. The molecule has 0 bridgehead atoms. The first-order valence-electron chi connectivity index (χ1n) is 10.5. The van der Waals surface area contributed by atoms with Gasteiger partial charge in [-0.05, 0) is 36.8 Å². The molecule has 0 atom stereocenters. The maximum absolute atomic E-state index is 13.0. The van der Waals surface area contributed by atoms with E-state index in [4.69, 9.17) is 9.47 Å². The Bertz CT molecular complexity index is 1010. The number of hydrogen-bond acceptors (Lipinski definition) is 6. The highest BCUT2D eigenvalue weighted by molar-refractivity contribution is 6.35. The number of ether oxygens (including phenoxy) is 2. The van der Waals surface area contributed by atoms with Crippen molar-refractivity contribution >= 4 is 23.1 Å². The average molecular weight is 421 g/mol. The number of piperazine rings is 1. The van der Waals surface area contributed by atoms with Crippen LogP contribution in [0.25, 0.3) is 5.57 Å². The van der Waals surface area contributed by atoms with E-state index < -0.39 is 0 Å². The minimum Gasteiger partial charge on any atom is -0.495 e. The van der Waals surface area contributed by atoms with Crippen molar-refractivity contribution < 1.29 is 19.1 Å². The number of carbonyl (C=O) groups is 2. The van der Waals surface area contributed by atoms with Crippen molar-refractivity contribution in [2.45, 2.75) is 6.92 Å². The highest BCUT2D eigenvalue weighted by Crippen LogP contribution is 2.34. The first-order chi connectivity index (χ1) is 15.0. The van der Waals surface area contributed by atoms with Crippen molar-refractivity contribution in [2.75, 3.05) is 51.8 Å². The number of carbonyl (C=O) groups excluding carboxylic acids is 2. The minimum atomic E-state index is -0.267. The molecule has 2 amide bonds. The van der Waals surface area contributed by atoms with Gasteiger partial charge in [-0.25, -0.2) is 0 Å². The number of para-hydroxylation sites is 2. The molecule has 2 aliphatic heterocycles. The van der Waals surface area contributed by atoms with Gasteiger partial charge in [0.1, 0.15) is 17.2 Å². The summed E-state index contributed by atoms with van der Waals surface area (Å²) in [7, 11) is 3.21. The Morgan fingerprint density at radius 2 is 1.52 bits per heavy atom. The summed E-state index contributed by atoms with van der Waals surface area (Å²) in [5, 5.41) is 0. The average Bonchev–Trinajstić information content (AvgIpc) is 3.04. The van der Waals surface area contributed by atoms with Gasteiger partial charge in [0, 0.05) is 33.2 Å². The molecule has 7 heteroatoms. The second kappa shape index (κ2) is 8.71. The molecular weight excluding hydrogens is 394 g/mol. The van der Waals surface area contributed by atoms with Crippen LogP contribution in [0, 0.1) is 0 Å². The molecule has 0 N–H and O–H groups in total. The lowest BCUT2D eigenvalue weighted by molar-refractivity contribution is -0.135. The van der Waals surface area contributed by atoms with Crippen molar-refractivity contribution in [3.05, 3.63) is 59.8 Å². The Kier molecular flexibility index (Phi) is 5.84. The molecule has 0 unspecified atom stereocenters. The molecule has 2 aromatic rings. The molecule has 7 nitrogen and oxygen atoms in total. The number of likely N-dealkylation sites (N-methyl/N-ethyl adjacent to an activating group) is 1. The van der Waals surface area contributed by atoms with Crippen LogP contribution in [0.1, 0.15) is 12.5 Å². The Labute approximate surface area is 182 Å². The number of amides is 2. The normalized spacial score (nSPS) is 16.9. The highest BCUT2D eigenvalue weighted by atomic mass is 16.5. The molecule has 0 radical (unpaired) electrons. The van der Waals surface area contributed by atoms with Crippen LogP contribution in [0.3, 0.4) is 0 Å². The van der Waals surface area contributed by atoms with Crippen LogP contribution in [-0.4, -0.2) is 68.6 Å². The summed E-state index contributed by atoms with van der Waals surface area (Å²) in [5.41, 5.74) is 2.71. The summed E-state index contributed by atoms with van der Waals surface area (Å²) in [5.74, 6) is 1.05. The summed E-state index contributed by atoms with van der Waals surface area (Å²) < 4.78 is 11.0. The van der Waals surface area contributed by atoms with Gasteiger partial charge in [-0.15, -0.1) is 0 Å². The molecule has 2 aromatic carbocycles. The highest BCUT2D eigenvalue weighted by Gasteiger charge is 2.40. The van der Waals surface area contributed by atoms with E-state index in [2.05, 4.69) is 4.90 Å². The lowest BCUT2D eigenvalue weighted by atomic mass is 10.0. The quantitative estimate of drug-likeness (QED) is 0.669. The number of benzene rings is 2. The zero-order valence-electron chi connectivity index (χ0n) is 18.1. The van der Waals surface area contributed by atoms with E-state index >= 15 is 0 Å². The number of rotatable bonds is 6. The number of nitrogens with zero attached hydrogens (tertiary/aromatic N) is 3. The van der Waals surface area contributed by atoms with E-state index in [9.17, 15) is 9.59 Å². The van der Waals surface area contributed by atoms with E-state index in [0.717, 1.165) is 35.8 Å². The zero-order chi connectivity index (χ0) is 22.0. The van der Waals surface area contributed by atoms with Gasteiger partial charge in [-0.2, -0.15) is 0 Å². The van der Waals surface area contributed by atoms with E-state index in [0.29, 0.717) is 31.0 Å². The van der Waals surface area contributed by atoms with Crippen LogP contribution >= 0.6 is 0 Å². The van der Waals surface area contributed by atoms with Crippen molar-refractivity contribution in [3.8, 4) is 11.5 Å². The molecule has 4 rings (SSSR count). The van der Waals surface area contributed by atoms with Crippen LogP contribution in [0.15, 0.2) is 54.2 Å². The summed E-state index contributed by atoms with van der Waals surface area (Å²) in [6.07, 6.45) is 0. The predicted octanol–water partition coefficient (Wildman–Crippen LogP) is 2.63. The van der Waals surface area contributed by atoms with Crippen molar-refractivity contribution in [1.82, 2.24) is 9.80 Å². The number of anilines is 1. The third-order valence-corrected chi connectivity index (χ3v) is 5.74. The van der Waals surface area contributed by atoms with Crippen molar-refractivity contribution in [3.63, 3.8) is 0 Å². The van der Waals surface area contributed by atoms with Crippen LogP contribution < -0.4 is 14.4 Å². The molecule has 31 heavy (non-hydrogen) atoms. The molecule has 1 fully saturated rings. The molecule has 2 aliphatic rings. The standard InChI is InChI=1S/C24H27N3O4/c1-4-31-18-11-9-17(10-12-18)21-22(24(29)25(2)23(21)28)27-15-13-26(14-16-27)19-7-5-6-8-20(19)30-3/h5-12H,4,13-16H2,1-3H3. The van der Waals surface area contributed by atoms with Crippen LogP contribution in [0.4, 0.5) is 5.69 Å². The fraction of sp³-hybridized carbons (Fsp3) is 0.333. The molecule has 1 saturated heterocycles. The summed E-state index contributed by atoms with van der Waals surface area (Å²) in [4.78, 5) is 31.4. The molecule has 0 saturated carbocycles. The van der Waals surface area contributed by atoms with E-state index in [1.54, 1.807) is 7.11 Å². The van der Waals surface area contributed by atoms with Gasteiger partial charge in [0.05, 0.1) is 25.0 Å². The Morgan fingerprint density at radius 1 is 0.871 bits per heavy atom. The number of methoxy groups -OCH3 is 1. The largest absolute Gasteiger partial charge is 0.495 e. The second-order valence-corrected chi connectivity index (χ2v) is 7.50. The Balaban J connectivity index is 1.60. The van der Waals surface area contributed by atoms with Gasteiger partial charge in [-0.1, -0.05) is 24.3 Å². The zero-order valence-corrected chi connectivity index (χ0v) is 18.1. The third kappa shape index (κ3) is 3.83. The van der Waals surface area contributed by atoms with Gasteiger partial charge in [0.25, 0.3) is 11.8 Å². The number of imide groups is 1. The lowest BCUT2D eigenvalue weighted by Crippen LogP contribution is -2.47. The summed E-state index contributed by atoms with van der Waals surface area (Å²) >= 11 is 0. The van der Waals surface area contributed by atoms with Gasteiger partial charge in [0.15, 0.2) is 0 Å². The maximum Gasteiger partial charge on any atom is 0.277 e. The topological polar surface area (TPSA) is 62.3 Å². The van der Waals surface area contributed by atoms with Crippen molar-refractivity contribution in [2.24, 2.45) is 0 Å². The van der Waals surface area contributed by atoms with Gasteiger partial charge in [-0.3, -0.25) is 14.5 Å². The van der Waals surface area contributed by atoms with E-state index in [1.165, 1.54) is 11.9 Å². The fourth-order valence-electron chi connectivity index (χ4n) is 4.13. The lowest BCUT2D eigenvalue weighted by Gasteiger charge is -2.38. The SMILES string of the molecule is CCOc1ccc(C2=C(N3CCN(c4ccccc4OC)CC3)C(=O)N(C)C2=O)cc1. The maximum atomic E-state index is 13.0. The predicted molar refractivity (Wildman–Crippen MR) is 119 cm³/mol. The summed E-state index contributed by atoms with van der Waals surface area (Å²) in [6, 6.07) is 15.3. The number of hydrogen-bond donors (Lipinski definition) is 0. The first-order valence-corrected chi connectivity index (χ1v) is 10.5. The van der Waals surface area contributed by atoms with Crippen LogP contribution in [0.2, 0.25) is 0 Å². The summed E-state index contributed by atoms with van der Waals surface area (Å²) in [6.45, 7) is 5.23. The Hall–Kier alpha value is -3.48. The molecule has 0 spiro atoms. The van der Waals surface area contributed by atoms with Gasteiger partial charge < -0.3 is 19.3 Å². The second-order valence-electron chi connectivity index (χ2n) is 7.50. The fourth-order valence-corrected chi connectivity index (χ4v) is 4.13. The smallest absolute Gasteiger partial charge is 0.277 e. The Morgan fingerprint density at radius 3 is 2.16 bits per heavy atom. The molecule has 0 aliphatic carbocycles. The molecule has 0 aromatic heterocycles. The van der Waals surface area contributed by atoms with Crippen LogP contribution in [-0.2, 0) is 9.59 Å². The van der Waals surface area contributed by atoms with Crippen molar-refractivity contribution in [1.29, 1.82) is 0 Å². The van der Waals surface area contributed by atoms with Gasteiger partial charge >= 0.3 is 0 Å². The van der Waals surface area contributed by atoms with E-state index in [-0.39, 0.29) is 11.8 Å². The first kappa shape index (κ1) is 20.8. The molecular formula is C24H27N3O4. The molecule has 2 heterocycles. The van der Waals surface area contributed by atoms with Crippen LogP contribution in [0.5, 0.6) is 11.5 Å².